The second kappa shape index (κ2) is 7.19. The maximum absolute atomic E-state index is 12.2. The van der Waals surface area contributed by atoms with Crippen LogP contribution >= 0.6 is 24.0 Å². The highest BCUT2D eigenvalue weighted by Gasteiger charge is 2.15. The molecule has 0 bridgehead atoms. The van der Waals surface area contributed by atoms with Gasteiger partial charge in [0.1, 0.15) is 5.76 Å². The average Bonchev–Trinajstić information content (AvgIpc) is 3.21. The van der Waals surface area contributed by atoms with Crippen LogP contribution in [0.5, 0.6) is 0 Å². The zero-order valence-corrected chi connectivity index (χ0v) is 15.0. The van der Waals surface area contributed by atoms with Crippen LogP contribution in [0.1, 0.15) is 21.7 Å². The third-order valence-corrected chi connectivity index (χ3v) is 4.75. The maximum atomic E-state index is 12.2. The molecule has 0 radical (unpaired) electrons. The summed E-state index contributed by atoms with van der Waals surface area (Å²) in [5.41, 5.74) is 3.33. The van der Waals surface area contributed by atoms with Crippen molar-refractivity contribution < 1.29 is 9.21 Å². The van der Waals surface area contributed by atoms with Gasteiger partial charge >= 0.3 is 0 Å². The standard InChI is InChI=1S/C17H17N3O2S2/c1-10-3-4-12(9-11(10)2)13-5-6-14(22-13)15(21)19-16(23)20-17-18-7-8-24-17/h3-6,9H,7-8H2,1-2H3,(H2,18,19,20,21,23). The molecular weight excluding hydrogens is 342 g/mol. The van der Waals surface area contributed by atoms with Gasteiger partial charge in [-0.2, -0.15) is 0 Å². The number of thiocarbonyl (C=S) groups is 1. The molecule has 24 heavy (non-hydrogen) atoms. The summed E-state index contributed by atoms with van der Waals surface area (Å²) in [7, 11) is 0. The largest absolute Gasteiger partial charge is 0.451 e. The first-order chi connectivity index (χ1) is 11.5. The lowest BCUT2D eigenvalue weighted by Gasteiger charge is -2.07. The Morgan fingerprint density at radius 1 is 1.25 bits per heavy atom. The first kappa shape index (κ1) is 16.7. The van der Waals surface area contributed by atoms with E-state index in [0.717, 1.165) is 23.0 Å². The SMILES string of the molecule is Cc1ccc(-c2ccc(C(=O)NC(=S)NC3=NCCS3)o2)cc1C. The summed E-state index contributed by atoms with van der Waals surface area (Å²) in [6.45, 7) is 4.87. The van der Waals surface area contributed by atoms with Crippen LogP contribution in [0.2, 0.25) is 0 Å². The average molecular weight is 359 g/mol. The van der Waals surface area contributed by atoms with Gasteiger partial charge in [0.25, 0.3) is 5.91 Å². The molecule has 1 aliphatic heterocycles. The summed E-state index contributed by atoms with van der Waals surface area (Å²) in [4.78, 5) is 16.4. The summed E-state index contributed by atoms with van der Waals surface area (Å²) < 4.78 is 5.66. The number of nitrogens with zero attached hydrogens (tertiary/aromatic N) is 1. The van der Waals surface area contributed by atoms with E-state index >= 15 is 0 Å². The molecule has 1 aromatic carbocycles. The fraction of sp³-hybridized carbons (Fsp3) is 0.235. The van der Waals surface area contributed by atoms with Crippen molar-refractivity contribution in [3.8, 4) is 11.3 Å². The van der Waals surface area contributed by atoms with Gasteiger partial charge in [0.2, 0.25) is 0 Å². The van der Waals surface area contributed by atoms with Crippen molar-refractivity contribution in [2.24, 2.45) is 4.99 Å². The lowest BCUT2D eigenvalue weighted by atomic mass is 10.1. The van der Waals surface area contributed by atoms with Crippen molar-refractivity contribution in [1.29, 1.82) is 0 Å². The Hall–Kier alpha value is -2.12. The third kappa shape index (κ3) is 3.85. The van der Waals surface area contributed by atoms with Crippen LogP contribution in [-0.2, 0) is 0 Å². The highest BCUT2D eigenvalue weighted by molar-refractivity contribution is 8.14. The zero-order chi connectivity index (χ0) is 17.1. The molecule has 0 saturated carbocycles. The van der Waals surface area contributed by atoms with Gasteiger partial charge in [-0.25, -0.2) is 0 Å². The molecule has 2 heterocycles. The Morgan fingerprint density at radius 2 is 2.08 bits per heavy atom. The molecule has 0 unspecified atom stereocenters. The molecule has 7 heteroatoms. The fourth-order valence-electron chi connectivity index (χ4n) is 2.21. The van der Waals surface area contributed by atoms with E-state index in [0.29, 0.717) is 5.76 Å². The van der Waals surface area contributed by atoms with Gasteiger partial charge in [-0.1, -0.05) is 23.9 Å². The molecule has 1 aromatic heterocycles. The predicted molar refractivity (Wildman–Crippen MR) is 102 cm³/mol. The van der Waals surface area contributed by atoms with Crippen molar-refractivity contribution in [2.75, 3.05) is 12.3 Å². The van der Waals surface area contributed by atoms with Crippen molar-refractivity contribution in [2.45, 2.75) is 13.8 Å². The number of aryl methyl sites for hydroxylation is 2. The highest BCUT2D eigenvalue weighted by atomic mass is 32.2. The van der Waals surface area contributed by atoms with E-state index < -0.39 is 0 Å². The van der Waals surface area contributed by atoms with Crippen molar-refractivity contribution in [3.63, 3.8) is 0 Å². The van der Waals surface area contributed by atoms with E-state index in [9.17, 15) is 4.79 Å². The molecule has 0 atom stereocenters. The lowest BCUT2D eigenvalue weighted by Crippen LogP contribution is -2.40. The number of amidine groups is 1. The summed E-state index contributed by atoms with van der Waals surface area (Å²) >= 11 is 6.69. The van der Waals surface area contributed by atoms with Crippen LogP contribution in [-0.4, -0.2) is 28.5 Å². The normalized spacial score (nSPS) is 13.5. The van der Waals surface area contributed by atoms with Gasteiger partial charge in [-0.3, -0.25) is 15.1 Å². The number of nitrogens with one attached hydrogen (secondary N) is 2. The van der Waals surface area contributed by atoms with Gasteiger partial charge in [0.15, 0.2) is 16.0 Å². The van der Waals surface area contributed by atoms with Gasteiger partial charge < -0.3 is 9.73 Å². The molecule has 1 aliphatic rings. The number of carbonyl (C=O) groups is 1. The first-order valence-corrected chi connectivity index (χ1v) is 8.89. The molecular formula is C17H17N3O2S2. The molecule has 0 fully saturated rings. The fourth-order valence-corrected chi connectivity index (χ4v) is 3.20. The smallest absolute Gasteiger partial charge is 0.293 e. The van der Waals surface area contributed by atoms with Gasteiger partial charge in [0.05, 0.1) is 6.54 Å². The predicted octanol–water partition coefficient (Wildman–Crippen LogP) is 3.27. The van der Waals surface area contributed by atoms with Crippen molar-refractivity contribution in [3.05, 3.63) is 47.2 Å². The highest BCUT2D eigenvalue weighted by Crippen LogP contribution is 2.24. The van der Waals surface area contributed by atoms with E-state index in [1.54, 1.807) is 23.9 Å². The molecule has 5 nitrogen and oxygen atoms in total. The monoisotopic (exact) mass is 359 g/mol. The van der Waals surface area contributed by atoms with E-state index in [-0.39, 0.29) is 16.8 Å². The van der Waals surface area contributed by atoms with E-state index in [1.807, 2.05) is 25.1 Å². The van der Waals surface area contributed by atoms with Crippen LogP contribution in [0, 0.1) is 13.8 Å². The number of rotatable bonds is 2. The van der Waals surface area contributed by atoms with Crippen LogP contribution in [0.25, 0.3) is 11.3 Å². The van der Waals surface area contributed by atoms with E-state index in [4.69, 9.17) is 16.6 Å². The summed E-state index contributed by atoms with van der Waals surface area (Å²) in [5, 5.41) is 6.46. The third-order valence-electron chi connectivity index (χ3n) is 3.65. The molecule has 0 spiro atoms. The molecule has 3 rings (SSSR count). The minimum atomic E-state index is -0.383. The Kier molecular flexibility index (Phi) is 5.01. The van der Waals surface area contributed by atoms with Crippen molar-refractivity contribution in [1.82, 2.24) is 10.6 Å². The second-order valence-electron chi connectivity index (χ2n) is 5.41. The minimum absolute atomic E-state index is 0.216. The molecule has 0 aliphatic carbocycles. The number of benzene rings is 1. The van der Waals surface area contributed by atoms with Crippen LogP contribution in [0.4, 0.5) is 0 Å². The number of carbonyl (C=O) groups excluding carboxylic acids is 1. The number of thioether (sulfide) groups is 1. The van der Waals surface area contributed by atoms with Crippen molar-refractivity contribution >= 4 is 40.2 Å². The molecule has 124 valence electrons. The lowest BCUT2D eigenvalue weighted by molar-refractivity contribution is 0.0951. The molecule has 1 amide bonds. The minimum Gasteiger partial charge on any atom is -0.451 e. The number of furan rings is 1. The molecule has 2 N–H and O–H groups in total. The van der Waals surface area contributed by atoms with Gasteiger partial charge in [-0.05, 0) is 55.4 Å². The topological polar surface area (TPSA) is 66.6 Å². The summed E-state index contributed by atoms with van der Waals surface area (Å²) in [6, 6.07) is 9.48. The van der Waals surface area contributed by atoms with Crippen LogP contribution < -0.4 is 10.6 Å². The number of hydrogen-bond acceptors (Lipinski definition) is 5. The van der Waals surface area contributed by atoms with Crippen LogP contribution in [0.3, 0.4) is 0 Å². The Morgan fingerprint density at radius 3 is 2.79 bits per heavy atom. The summed E-state index contributed by atoms with van der Waals surface area (Å²) in [6.07, 6.45) is 0. The Labute approximate surface area is 149 Å². The number of amides is 1. The second-order valence-corrected chi connectivity index (χ2v) is 6.90. The number of aliphatic imine (C=N–C) groups is 1. The zero-order valence-electron chi connectivity index (χ0n) is 13.4. The first-order valence-electron chi connectivity index (χ1n) is 7.50. The Balaban J connectivity index is 1.66. The van der Waals surface area contributed by atoms with Gasteiger partial charge in [0, 0.05) is 11.3 Å². The summed E-state index contributed by atoms with van der Waals surface area (Å²) in [5.74, 6) is 1.41. The maximum Gasteiger partial charge on any atom is 0.293 e. The van der Waals surface area contributed by atoms with E-state index in [1.165, 1.54) is 11.1 Å². The number of hydrogen-bond donors (Lipinski definition) is 2. The quantitative estimate of drug-likeness (QED) is 0.806. The van der Waals surface area contributed by atoms with Crippen LogP contribution in [0.15, 0.2) is 39.7 Å². The molecule has 0 saturated heterocycles. The van der Waals surface area contributed by atoms with Gasteiger partial charge in [-0.15, -0.1) is 0 Å². The molecule has 2 aromatic rings. The Bertz CT molecular complexity index is 827. The van der Waals surface area contributed by atoms with E-state index in [2.05, 4.69) is 22.5 Å².